The second-order valence-electron chi connectivity index (χ2n) is 5.72. The van der Waals surface area contributed by atoms with Crippen molar-refractivity contribution in [1.29, 1.82) is 0 Å². The summed E-state index contributed by atoms with van der Waals surface area (Å²) in [5, 5.41) is 21.0. The number of carboxylic acid groups (broad SMARTS) is 1. The maximum absolute atomic E-state index is 12.1. The average molecular weight is 343 g/mol. The molecule has 1 atom stereocenters. The quantitative estimate of drug-likeness (QED) is 0.667. The summed E-state index contributed by atoms with van der Waals surface area (Å²) in [4.78, 5) is 23.3. The topological polar surface area (TPSA) is 95.9 Å². The van der Waals surface area contributed by atoms with Crippen molar-refractivity contribution in [3.63, 3.8) is 0 Å². The van der Waals surface area contributed by atoms with Gasteiger partial charge in [0.25, 0.3) is 5.91 Å². The van der Waals surface area contributed by atoms with Crippen LogP contribution >= 0.6 is 0 Å². The van der Waals surface area contributed by atoms with E-state index in [1.165, 1.54) is 12.1 Å². The molecule has 0 unspecified atom stereocenters. The van der Waals surface area contributed by atoms with Gasteiger partial charge < -0.3 is 20.3 Å². The fourth-order valence-corrected chi connectivity index (χ4v) is 2.39. The summed E-state index contributed by atoms with van der Waals surface area (Å²) in [6.45, 7) is 3.91. The van der Waals surface area contributed by atoms with Crippen LogP contribution in [0.4, 0.5) is 5.69 Å². The number of amides is 1. The second-order valence-corrected chi connectivity index (χ2v) is 5.72. The molecule has 0 spiro atoms. The summed E-state index contributed by atoms with van der Waals surface area (Å²) in [5.74, 6) is -0.971. The molecule has 0 saturated heterocycles. The smallest absolute Gasteiger partial charge is 0.337 e. The van der Waals surface area contributed by atoms with Crippen LogP contribution in [0.25, 0.3) is 0 Å². The van der Waals surface area contributed by atoms with Crippen molar-refractivity contribution in [2.45, 2.75) is 26.2 Å². The molecule has 0 aromatic heterocycles. The highest BCUT2D eigenvalue weighted by atomic mass is 16.5. The van der Waals surface area contributed by atoms with Gasteiger partial charge >= 0.3 is 5.97 Å². The van der Waals surface area contributed by atoms with Crippen LogP contribution in [0.5, 0.6) is 11.5 Å². The van der Waals surface area contributed by atoms with Crippen molar-refractivity contribution in [2.24, 2.45) is 0 Å². The maximum Gasteiger partial charge on any atom is 0.337 e. The van der Waals surface area contributed by atoms with Crippen LogP contribution < -0.4 is 10.1 Å². The van der Waals surface area contributed by atoms with E-state index < -0.39 is 11.9 Å². The zero-order valence-corrected chi connectivity index (χ0v) is 14.2. The van der Waals surface area contributed by atoms with Crippen molar-refractivity contribution in [2.75, 3.05) is 11.9 Å². The Bertz CT molecular complexity index is 772. The zero-order valence-electron chi connectivity index (χ0n) is 14.2. The minimum atomic E-state index is -1.24. The number of aromatic carboxylic acids is 1. The van der Waals surface area contributed by atoms with Gasteiger partial charge in [0.2, 0.25) is 0 Å². The minimum absolute atomic E-state index is 0.106. The Morgan fingerprint density at radius 2 is 1.92 bits per heavy atom. The summed E-state index contributed by atoms with van der Waals surface area (Å²) in [6.07, 6.45) is 0.946. The highest BCUT2D eigenvalue weighted by Crippen LogP contribution is 2.28. The van der Waals surface area contributed by atoms with Crippen LogP contribution in [0, 0.1) is 0 Å². The van der Waals surface area contributed by atoms with E-state index in [0.717, 1.165) is 18.1 Å². The number of carbonyl (C=O) groups is 2. The number of ether oxygens (including phenoxy) is 1. The van der Waals surface area contributed by atoms with E-state index >= 15 is 0 Å². The van der Waals surface area contributed by atoms with Gasteiger partial charge in [-0.25, -0.2) is 4.79 Å². The van der Waals surface area contributed by atoms with Crippen molar-refractivity contribution in [3.8, 4) is 11.5 Å². The number of hydrogen-bond acceptors (Lipinski definition) is 4. The molecular weight excluding hydrogens is 322 g/mol. The van der Waals surface area contributed by atoms with E-state index in [0.29, 0.717) is 11.7 Å². The van der Waals surface area contributed by atoms with Gasteiger partial charge in [-0.3, -0.25) is 4.79 Å². The lowest BCUT2D eigenvalue weighted by molar-refractivity contribution is -0.118. The fraction of sp³-hybridized carbons (Fsp3) is 0.263. The van der Waals surface area contributed by atoms with Crippen LogP contribution in [0.2, 0.25) is 0 Å². The van der Waals surface area contributed by atoms with Crippen LogP contribution in [-0.2, 0) is 4.79 Å². The molecule has 2 rings (SSSR count). The second kappa shape index (κ2) is 8.19. The molecule has 0 saturated carbocycles. The number of aromatic hydroxyl groups is 1. The largest absolute Gasteiger partial charge is 0.508 e. The summed E-state index contributed by atoms with van der Waals surface area (Å²) in [6, 6.07) is 11.2. The maximum atomic E-state index is 12.1. The number of nitrogens with one attached hydrogen (secondary N) is 1. The number of benzene rings is 2. The molecule has 2 aromatic rings. The monoisotopic (exact) mass is 343 g/mol. The lowest BCUT2D eigenvalue weighted by atomic mass is 9.98. The number of carboxylic acids is 1. The Balaban J connectivity index is 2.07. The molecular formula is C19H21NO5. The van der Waals surface area contributed by atoms with Crippen molar-refractivity contribution in [1.82, 2.24) is 0 Å². The first-order valence-electron chi connectivity index (χ1n) is 8.00. The predicted octanol–water partition coefficient (Wildman–Crippen LogP) is 3.62. The molecule has 6 nitrogen and oxygen atoms in total. The van der Waals surface area contributed by atoms with Gasteiger partial charge in [0.1, 0.15) is 11.5 Å². The Morgan fingerprint density at radius 1 is 1.20 bits per heavy atom. The van der Waals surface area contributed by atoms with E-state index in [9.17, 15) is 14.7 Å². The number of para-hydroxylation sites is 1. The van der Waals surface area contributed by atoms with E-state index in [1.807, 2.05) is 18.2 Å². The normalized spacial score (nSPS) is 11.6. The lowest BCUT2D eigenvalue weighted by Crippen LogP contribution is -2.22. The van der Waals surface area contributed by atoms with Gasteiger partial charge in [0, 0.05) is 0 Å². The Kier molecular flexibility index (Phi) is 6.00. The van der Waals surface area contributed by atoms with E-state index in [2.05, 4.69) is 19.2 Å². The SMILES string of the molecule is CC[C@@H](C)c1ccccc1OCC(=O)Nc1ccc(O)cc1C(=O)O. The van der Waals surface area contributed by atoms with E-state index in [-0.39, 0.29) is 23.6 Å². The number of carbonyl (C=O) groups excluding carboxylic acids is 1. The van der Waals surface area contributed by atoms with Crippen molar-refractivity contribution >= 4 is 17.6 Å². The molecule has 6 heteroatoms. The molecule has 1 amide bonds. The molecule has 0 radical (unpaired) electrons. The third-order valence-corrected chi connectivity index (χ3v) is 3.93. The van der Waals surface area contributed by atoms with Gasteiger partial charge in [0.05, 0.1) is 11.3 Å². The number of rotatable bonds is 7. The first-order valence-corrected chi connectivity index (χ1v) is 8.00. The van der Waals surface area contributed by atoms with Gasteiger partial charge in [-0.15, -0.1) is 0 Å². The molecule has 0 fully saturated rings. The van der Waals surface area contributed by atoms with Crippen molar-refractivity contribution in [3.05, 3.63) is 53.6 Å². The number of hydrogen-bond donors (Lipinski definition) is 3. The summed E-state index contributed by atoms with van der Waals surface area (Å²) in [5.41, 5.74) is 0.941. The third-order valence-electron chi connectivity index (χ3n) is 3.93. The molecule has 2 aromatic carbocycles. The highest BCUT2D eigenvalue weighted by Gasteiger charge is 2.15. The summed E-state index contributed by atoms with van der Waals surface area (Å²) >= 11 is 0. The van der Waals surface area contributed by atoms with Crippen LogP contribution in [0.15, 0.2) is 42.5 Å². The molecule has 0 aliphatic carbocycles. The van der Waals surface area contributed by atoms with Crippen LogP contribution in [-0.4, -0.2) is 28.7 Å². The van der Waals surface area contributed by atoms with E-state index in [4.69, 9.17) is 9.84 Å². The third kappa shape index (κ3) is 4.73. The molecule has 3 N–H and O–H groups in total. The molecule has 0 heterocycles. The summed E-state index contributed by atoms with van der Waals surface area (Å²) < 4.78 is 5.61. The fourth-order valence-electron chi connectivity index (χ4n) is 2.39. The number of phenolic OH excluding ortho intramolecular Hbond substituents is 1. The molecule has 0 bridgehead atoms. The van der Waals surface area contributed by atoms with Gasteiger partial charge in [-0.1, -0.05) is 32.0 Å². The van der Waals surface area contributed by atoms with Crippen LogP contribution in [0.1, 0.15) is 42.1 Å². The lowest BCUT2D eigenvalue weighted by Gasteiger charge is -2.15. The Hall–Kier alpha value is -3.02. The standard InChI is InChI=1S/C19H21NO5/c1-3-12(2)14-6-4-5-7-17(14)25-11-18(22)20-16-9-8-13(21)10-15(16)19(23)24/h4-10,12,21H,3,11H2,1-2H3,(H,20,22)(H,23,24)/t12-/m1/s1. The molecule has 25 heavy (non-hydrogen) atoms. The first kappa shape index (κ1) is 18.3. The minimum Gasteiger partial charge on any atom is -0.508 e. The van der Waals surface area contributed by atoms with Gasteiger partial charge in [-0.2, -0.15) is 0 Å². The highest BCUT2D eigenvalue weighted by molar-refractivity contribution is 6.01. The van der Waals surface area contributed by atoms with Gasteiger partial charge in [0.15, 0.2) is 6.61 Å². The Labute approximate surface area is 146 Å². The number of anilines is 1. The molecule has 132 valence electrons. The first-order chi connectivity index (χ1) is 11.9. The average Bonchev–Trinajstić information content (AvgIpc) is 2.61. The zero-order chi connectivity index (χ0) is 18.4. The summed E-state index contributed by atoms with van der Waals surface area (Å²) in [7, 11) is 0. The van der Waals surface area contributed by atoms with E-state index in [1.54, 1.807) is 6.07 Å². The number of phenols is 1. The Morgan fingerprint density at radius 3 is 2.60 bits per heavy atom. The van der Waals surface area contributed by atoms with Crippen LogP contribution in [0.3, 0.4) is 0 Å². The molecule has 0 aliphatic rings. The predicted molar refractivity (Wildman–Crippen MR) is 94.3 cm³/mol. The molecule has 0 aliphatic heterocycles. The van der Waals surface area contributed by atoms with Crippen molar-refractivity contribution < 1.29 is 24.5 Å². The van der Waals surface area contributed by atoms with Gasteiger partial charge in [-0.05, 0) is 42.2 Å².